The van der Waals surface area contributed by atoms with Gasteiger partial charge < -0.3 is 5.73 Å². The molecule has 0 fully saturated rings. The Labute approximate surface area is 97.1 Å². The zero-order chi connectivity index (χ0) is 11.4. The summed E-state index contributed by atoms with van der Waals surface area (Å²) >= 11 is 1.42. The summed E-state index contributed by atoms with van der Waals surface area (Å²) in [5.74, 6) is 0. The molecule has 0 bridgehead atoms. The van der Waals surface area contributed by atoms with Gasteiger partial charge >= 0.3 is 0 Å². The molecular formula is C11H8N4S. The van der Waals surface area contributed by atoms with Crippen molar-refractivity contribution in [2.75, 3.05) is 5.73 Å². The van der Waals surface area contributed by atoms with Gasteiger partial charge in [-0.1, -0.05) is 11.8 Å². The molecule has 0 radical (unpaired) electrons. The summed E-state index contributed by atoms with van der Waals surface area (Å²) in [4.78, 5) is 9.05. The number of hydrogen-bond donors (Lipinski definition) is 1. The van der Waals surface area contributed by atoms with Crippen molar-refractivity contribution in [1.82, 2.24) is 9.97 Å². The molecule has 0 spiro atoms. The molecule has 2 heterocycles. The predicted molar refractivity (Wildman–Crippen MR) is 61.7 cm³/mol. The fraction of sp³-hybridized carbons (Fsp3) is 0. The van der Waals surface area contributed by atoms with Crippen LogP contribution in [-0.4, -0.2) is 9.97 Å². The lowest BCUT2D eigenvalue weighted by molar-refractivity contribution is 1.11. The van der Waals surface area contributed by atoms with Crippen LogP contribution in [0.15, 0.2) is 46.7 Å². The maximum Gasteiger partial charge on any atom is 0.119 e. The van der Waals surface area contributed by atoms with E-state index in [4.69, 9.17) is 11.0 Å². The van der Waals surface area contributed by atoms with Gasteiger partial charge in [-0.25, -0.2) is 4.98 Å². The van der Waals surface area contributed by atoms with Crippen molar-refractivity contribution < 1.29 is 0 Å². The Morgan fingerprint density at radius 1 is 1.31 bits per heavy atom. The average Bonchev–Trinajstić information content (AvgIpc) is 2.33. The third-order valence-electron chi connectivity index (χ3n) is 1.86. The van der Waals surface area contributed by atoms with Gasteiger partial charge in [-0.05, 0) is 18.2 Å². The highest BCUT2D eigenvalue weighted by Crippen LogP contribution is 2.28. The van der Waals surface area contributed by atoms with E-state index in [-0.39, 0.29) is 0 Å². The van der Waals surface area contributed by atoms with Crippen LogP contribution in [0.4, 0.5) is 5.69 Å². The highest BCUT2D eigenvalue weighted by atomic mass is 32.2. The standard InChI is InChI=1S/C11H8N4S/c12-6-8-5-9(13)7-15-11(8)16-10-1-3-14-4-2-10/h1-5,7H,13H2. The minimum absolute atomic E-state index is 0.488. The van der Waals surface area contributed by atoms with Gasteiger partial charge in [0.15, 0.2) is 0 Å². The maximum absolute atomic E-state index is 8.95. The minimum Gasteiger partial charge on any atom is -0.397 e. The highest BCUT2D eigenvalue weighted by molar-refractivity contribution is 7.99. The zero-order valence-electron chi connectivity index (χ0n) is 8.29. The second kappa shape index (κ2) is 4.64. The second-order valence-electron chi connectivity index (χ2n) is 3.02. The number of nitrogens with zero attached hydrogens (tertiary/aromatic N) is 3. The summed E-state index contributed by atoms with van der Waals surface area (Å²) in [6.45, 7) is 0. The van der Waals surface area contributed by atoms with Crippen molar-refractivity contribution in [2.24, 2.45) is 0 Å². The van der Waals surface area contributed by atoms with Crippen LogP contribution in [-0.2, 0) is 0 Å². The molecule has 0 aromatic carbocycles. The Balaban J connectivity index is 2.32. The van der Waals surface area contributed by atoms with E-state index in [1.165, 1.54) is 11.8 Å². The van der Waals surface area contributed by atoms with E-state index in [1.807, 2.05) is 12.1 Å². The van der Waals surface area contributed by atoms with Crippen molar-refractivity contribution in [1.29, 1.82) is 5.26 Å². The van der Waals surface area contributed by atoms with Gasteiger partial charge in [-0.2, -0.15) is 5.26 Å². The molecule has 0 amide bonds. The molecule has 16 heavy (non-hydrogen) atoms. The first-order valence-electron chi connectivity index (χ1n) is 4.53. The van der Waals surface area contributed by atoms with Crippen LogP contribution in [0.2, 0.25) is 0 Å². The van der Waals surface area contributed by atoms with E-state index in [1.54, 1.807) is 24.7 Å². The quantitative estimate of drug-likeness (QED) is 0.851. The van der Waals surface area contributed by atoms with Crippen molar-refractivity contribution >= 4 is 17.4 Å². The first-order valence-corrected chi connectivity index (χ1v) is 5.35. The summed E-state index contributed by atoms with van der Waals surface area (Å²) in [6.07, 6.45) is 4.95. The Bertz CT molecular complexity index is 533. The molecule has 2 rings (SSSR count). The number of pyridine rings is 2. The van der Waals surface area contributed by atoms with Gasteiger partial charge in [0, 0.05) is 17.3 Å². The lowest BCUT2D eigenvalue weighted by Gasteiger charge is -2.02. The summed E-state index contributed by atoms with van der Waals surface area (Å²) < 4.78 is 0. The van der Waals surface area contributed by atoms with Crippen LogP contribution in [0.1, 0.15) is 5.56 Å². The SMILES string of the molecule is N#Cc1cc(N)cnc1Sc1ccncc1. The van der Waals surface area contributed by atoms with Gasteiger partial charge in [0.05, 0.1) is 17.4 Å². The van der Waals surface area contributed by atoms with E-state index in [0.717, 1.165) is 4.90 Å². The molecule has 0 saturated heterocycles. The van der Waals surface area contributed by atoms with Crippen LogP contribution in [0.25, 0.3) is 0 Å². The summed E-state index contributed by atoms with van der Waals surface area (Å²) in [7, 11) is 0. The first kappa shape index (κ1) is 10.5. The number of anilines is 1. The fourth-order valence-electron chi connectivity index (χ4n) is 1.15. The Kier molecular flexibility index (Phi) is 3.03. The number of rotatable bonds is 2. The van der Waals surface area contributed by atoms with Crippen LogP contribution in [0.3, 0.4) is 0 Å². The fourth-order valence-corrected chi connectivity index (χ4v) is 1.95. The largest absolute Gasteiger partial charge is 0.397 e. The predicted octanol–water partition coefficient (Wildman–Crippen LogP) is 2.08. The molecule has 0 aliphatic rings. The normalized spacial score (nSPS) is 9.69. The number of aromatic nitrogens is 2. The molecule has 78 valence electrons. The van der Waals surface area contributed by atoms with E-state index >= 15 is 0 Å². The van der Waals surface area contributed by atoms with Crippen molar-refractivity contribution in [3.05, 3.63) is 42.4 Å². The molecular weight excluding hydrogens is 220 g/mol. The van der Waals surface area contributed by atoms with E-state index in [2.05, 4.69) is 16.0 Å². The minimum atomic E-state index is 0.488. The molecule has 0 saturated carbocycles. The number of hydrogen-bond acceptors (Lipinski definition) is 5. The molecule has 4 nitrogen and oxygen atoms in total. The topological polar surface area (TPSA) is 75.6 Å². The molecule has 2 aromatic rings. The Morgan fingerprint density at radius 3 is 2.75 bits per heavy atom. The Morgan fingerprint density at radius 2 is 2.06 bits per heavy atom. The van der Waals surface area contributed by atoms with Crippen LogP contribution in [0.5, 0.6) is 0 Å². The highest BCUT2D eigenvalue weighted by Gasteiger charge is 2.05. The smallest absolute Gasteiger partial charge is 0.119 e. The molecule has 0 aliphatic heterocycles. The number of nitrogens with two attached hydrogens (primary N) is 1. The van der Waals surface area contributed by atoms with Gasteiger partial charge in [0.25, 0.3) is 0 Å². The molecule has 2 N–H and O–H groups in total. The van der Waals surface area contributed by atoms with E-state index in [9.17, 15) is 0 Å². The van der Waals surface area contributed by atoms with Crippen molar-refractivity contribution in [3.8, 4) is 6.07 Å². The van der Waals surface area contributed by atoms with Crippen LogP contribution in [0, 0.1) is 11.3 Å². The van der Waals surface area contributed by atoms with Crippen molar-refractivity contribution in [3.63, 3.8) is 0 Å². The molecule has 0 atom stereocenters. The monoisotopic (exact) mass is 228 g/mol. The maximum atomic E-state index is 8.95. The zero-order valence-corrected chi connectivity index (χ0v) is 9.11. The van der Waals surface area contributed by atoms with Gasteiger partial charge in [-0.15, -0.1) is 0 Å². The lowest BCUT2D eigenvalue weighted by Crippen LogP contribution is -1.91. The van der Waals surface area contributed by atoms with Crippen LogP contribution >= 0.6 is 11.8 Å². The second-order valence-corrected chi connectivity index (χ2v) is 4.08. The van der Waals surface area contributed by atoms with E-state index < -0.39 is 0 Å². The van der Waals surface area contributed by atoms with E-state index in [0.29, 0.717) is 16.3 Å². The molecule has 5 heteroatoms. The average molecular weight is 228 g/mol. The van der Waals surface area contributed by atoms with Gasteiger partial charge in [-0.3, -0.25) is 4.98 Å². The third-order valence-corrected chi connectivity index (χ3v) is 2.88. The van der Waals surface area contributed by atoms with Gasteiger partial charge in [0.1, 0.15) is 11.1 Å². The molecule has 2 aromatic heterocycles. The number of nitriles is 1. The number of nitrogen functional groups attached to an aromatic ring is 1. The summed E-state index contributed by atoms with van der Waals surface area (Å²) in [6, 6.07) is 7.43. The summed E-state index contributed by atoms with van der Waals surface area (Å²) in [5, 5.41) is 9.61. The molecule has 0 aliphatic carbocycles. The lowest BCUT2D eigenvalue weighted by atomic mass is 10.3. The van der Waals surface area contributed by atoms with Crippen LogP contribution < -0.4 is 5.73 Å². The first-order chi connectivity index (χ1) is 7.79. The Hall–Kier alpha value is -2.06. The molecule has 0 unspecified atom stereocenters. The van der Waals surface area contributed by atoms with Gasteiger partial charge in [0.2, 0.25) is 0 Å². The summed E-state index contributed by atoms with van der Waals surface area (Å²) in [5.41, 5.74) is 6.55. The third kappa shape index (κ3) is 2.30. The van der Waals surface area contributed by atoms with Crippen molar-refractivity contribution in [2.45, 2.75) is 9.92 Å².